The van der Waals surface area contributed by atoms with Crippen LogP contribution in [0.3, 0.4) is 0 Å². The summed E-state index contributed by atoms with van der Waals surface area (Å²) >= 11 is 0. The lowest BCUT2D eigenvalue weighted by Crippen LogP contribution is -2.46. The van der Waals surface area contributed by atoms with Crippen molar-refractivity contribution in [3.05, 3.63) is 36.5 Å². The van der Waals surface area contributed by atoms with Crippen LogP contribution in [0.5, 0.6) is 5.88 Å². The van der Waals surface area contributed by atoms with Crippen molar-refractivity contribution in [2.45, 2.75) is 44.7 Å². The minimum Gasteiger partial charge on any atom is -0.481 e. The molecule has 2 fully saturated rings. The van der Waals surface area contributed by atoms with Gasteiger partial charge in [0, 0.05) is 43.6 Å². The lowest BCUT2D eigenvalue weighted by atomic mass is 10.0. The van der Waals surface area contributed by atoms with E-state index in [4.69, 9.17) is 4.74 Å². The fraction of sp³-hybridized carbons (Fsp3) is 0.500. The van der Waals surface area contributed by atoms with Crippen LogP contribution in [0.15, 0.2) is 30.9 Å². The number of methoxy groups -OCH3 is 1. The molecule has 0 N–H and O–H groups in total. The molecule has 0 unspecified atom stereocenters. The van der Waals surface area contributed by atoms with Crippen LogP contribution in [0.25, 0.3) is 5.52 Å². The van der Waals surface area contributed by atoms with Crippen LogP contribution in [0.4, 0.5) is 11.6 Å². The van der Waals surface area contributed by atoms with Gasteiger partial charge in [0.05, 0.1) is 12.8 Å². The largest absolute Gasteiger partial charge is 0.481 e. The van der Waals surface area contributed by atoms with Crippen LogP contribution in [-0.4, -0.2) is 56.8 Å². The molecule has 0 spiro atoms. The van der Waals surface area contributed by atoms with Crippen LogP contribution in [0.1, 0.15) is 31.4 Å². The molecule has 0 bridgehead atoms. The Morgan fingerprint density at radius 3 is 2.57 bits per heavy atom. The van der Waals surface area contributed by atoms with Gasteiger partial charge in [-0.25, -0.2) is 19.5 Å². The summed E-state index contributed by atoms with van der Waals surface area (Å²) < 4.78 is 7.23. The Hall–Kier alpha value is -2.90. The van der Waals surface area contributed by atoms with Gasteiger partial charge in [-0.2, -0.15) is 5.10 Å². The van der Waals surface area contributed by atoms with Gasteiger partial charge in [-0.05, 0) is 38.7 Å². The van der Waals surface area contributed by atoms with E-state index in [0.29, 0.717) is 18.0 Å². The van der Waals surface area contributed by atoms with Gasteiger partial charge in [0.1, 0.15) is 17.7 Å². The minimum atomic E-state index is 0.481. The highest BCUT2D eigenvalue weighted by atomic mass is 16.5. The molecule has 0 amide bonds. The van der Waals surface area contributed by atoms with Gasteiger partial charge in [0.25, 0.3) is 0 Å². The predicted octanol–water partition coefficient (Wildman–Crippen LogP) is 2.47. The second-order valence-electron chi connectivity index (χ2n) is 7.64. The number of rotatable bonds is 5. The van der Waals surface area contributed by atoms with E-state index < -0.39 is 0 Å². The monoisotopic (exact) mass is 379 g/mol. The van der Waals surface area contributed by atoms with Gasteiger partial charge in [-0.3, -0.25) is 0 Å². The molecule has 1 saturated carbocycles. The molecule has 0 aromatic carbocycles. The molecule has 8 heteroatoms. The van der Waals surface area contributed by atoms with Gasteiger partial charge >= 0.3 is 0 Å². The van der Waals surface area contributed by atoms with Gasteiger partial charge in [0.15, 0.2) is 5.82 Å². The van der Waals surface area contributed by atoms with Gasteiger partial charge in [-0.15, -0.1) is 0 Å². The molecule has 1 aliphatic heterocycles. The SMILES string of the molecule is COc1cc(N(C2CC2)C2CCN(c3nccn4nc(C)cc34)CC2)ncn1. The number of aromatic nitrogens is 5. The Labute approximate surface area is 164 Å². The van der Waals surface area contributed by atoms with Crippen LogP contribution in [0, 0.1) is 6.92 Å². The first-order valence-electron chi connectivity index (χ1n) is 9.93. The second-order valence-corrected chi connectivity index (χ2v) is 7.64. The summed E-state index contributed by atoms with van der Waals surface area (Å²) in [6.07, 6.45) is 9.99. The first-order valence-corrected chi connectivity index (χ1v) is 9.93. The molecule has 3 aromatic rings. The van der Waals surface area contributed by atoms with E-state index in [1.165, 1.54) is 12.8 Å². The Kier molecular flexibility index (Phi) is 4.26. The third-order valence-electron chi connectivity index (χ3n) is 5.69. The first-order chi connectivity index (χ1) is 13.7. The topological polar surface area (TPSA) is 71.7 Å². The van der Waals surface area contributed by atoms with E-state index in [1.807, 2.05) is 29.9 Å². The molecule has 0 radical (unpaired) electrons. The minimum absolute atomic E-state index is 0.481. The smallest absolute Gasteiger partial charge is 0.218 e. The number of fused-ring (bicyclic) bond motifs is 1. The zero-order valence-corrected chi connectivity index (χ0v) is 16.3. The zero-order valence-electron chi connectivity index (χ0n) is 16.3. The molecular formula is C20H25N7O. The number of hydrogen-bond acceptors (Lipinski definition) is 7. The molecule has 1 aliphatic carbocycles. The van der Waals surface area contributed by atoms with E-state index >= 15 is 0 Å². The summed E-state index contributed by atoms with van der Waals surface area (Å²) in [5.41, 5.74) is 2.10. The average Bonchev–Trinajstić information content (AvgIpc) is 3.48. The van der Waals surface area contributed by atoms with Crippen molar-refractivity contribution in [2.24, 2.45) is 0 Å². The van der Waals surface area contributed by atoms with Gasteiger partial charge in [0.2, 0.25) is 5.88 Å². The Balaban J connectivity index is 1.35. The highest BCUT2D eigenvalue weighted by Crippen LogP contribution is 2.36. The molecule has 28 heavy (non-hydrogen) atoms. The van der Waals surface area contributed by atoms with E-state index in [0.717, 1.165) is 48.8 Å². The van der Waals surface area contributed by atoms with Gasteiger partial charge < -0.3 is 14.5 Å². The summed E-state index contributed by atoms with van der Waals surface area (Å²) in [5, 5.41) is 4.51. The Morgan fingerprint density at radius 1 is 1.04 bits per heavy atom. The molecule has 8 nitrogen and oxygen atoms in total. The van der Waals surface area contributed by atoms with E-state index in [2.05, 4.69) is 35.9 Å². The van der Waals surface area contributed by atoms with Crippen molar-refractivity contribution in [1.29, 1.82) is 0 Å². The fourth-order valence-electron chi connectivity index (χ4n) is 4.24. The van der Waals surface area contributed by atoms with Gasteiger partial charge in [-0.1, -0.05) is 0 Å². The average molecular weight is 379 g/mol. The molecule has 0 atom stereocenters. The molecule has 3 aromatic heterocycles. The summed E-state index contributed by atoms with van der Waals surface area (Å²) in [6.45, 7) is 3.98. The standard InChI is InChI=1S/C20H25N7O/c1-14-11-17-20(21-7-10-26(17)24-14)25-8-5-16(6-9-25)27(15-3-4-15)18-12-19(28-2)23-13-22-18/h7,10-13,15-16H,3-6,8-9H2,1-2H3. The summed E-state index contributed by atoms with van der Waals surface area (Å²) in [5.74, 6) is 2.64. The number of aryl methyl sites for hydroxylation is 1. The maximum atomic E-state index is 5.31. The van der Waals surface area contributed by atoms with Crippen molar-refractivity contribution in [1.82, 2.24) is 24.6 Å². The summed E-state index contributed by atoms with van der Waals surface area (Å²) in [4.78, 5) is 18.2. The van der Waals surface area contributed by atoms with Crippen LogP contribution < -0.4 is 14.5 Å². The Morgan fingerprint density at radius 2 is 1.82 bits per heavy atom. The number of hydrogen-bond donors (Lipinski definition) is 0. The van der Waals surface area contributed by atoms with Crippen LogP contribution in [0.2, 0.25) is 0 Å². The van der Waals surface area contributed by atoms with E-state index in [-0.39, 0.29) is 0 Å². The number of ether oxygens (including phenoxy) is 1. The Bertz CT molecular complexity index is 976. The molecule has 1 saturated heterocycles. The second kappa shape index (κ2) is 6.92. The summed E-state index contributed by atoms with van der Waals surface area (Å²) in [7, 11) is 1.65. The predicted molar refractivity (Wildman–Crippen MR) is 107 cm³/mol. The molecule has 2 aliphatic rings. The third-order valence-corrected chi connectivity index (χ3v) is 5.69. The highest BCUT2D eigenvalue weighted by Gasteiger charge is 2.37. The molecular weight excluding hydrogens is 354 g/mol. The fourth-order valence-corrected chi connectivity index (χ4v) is 4.24. The lowest BCUT2D eigenvalue weighted by molar-refractivity contribution is 0.395. The maximum absolute atomic E-state index is 5.31. The number of anilines is 2. The molecule has 146 valence electrons. The third kappa shape index (κ3) is 3.12. The van der Waals surface area contributed by atoms with Crippen LogP contribution in [-0.2, 0) is 0 Å². The van der Waals surface area contributed by atoms with Crippen molar-refractivity contribution in [3.8, 4) is 5.88 Å². The first kappa shape index (κ1) is 17.2. The molecule has 4 heterocycles. The maximum Gasteiger partial charge on any atom is 0.218 e. The van der Waals surface area contributed by atoms with Crippen molar-refractivity contribution < 1.29 is 4.74 Å². The van der Waals surface area contributed by atoms with Crippen molar-refractivity contribution >= 4 is 17.2 Å². The van der Waals surface area contributed by atoms with Crippen LogP contribution >= 0.6 is 0 Å². The normalized spacial score (nSPS) is 17.9. The summed E-state index contributed by atoms with van der Waals surface area (Å²) in [6, 6.07) is 5.14. The number of nitrogens with zero attached hydrogens (tertiary/aromatic N) is 7. The quantitative estimate of drug-likeness (QED) is 0.674. The van der Waals surface area contributed by atoms with Crippen molar-refractivity contribution in [2.75, 3.05) is 30.0 Å². The zero-order chi connectivity index (χ0) is 19.1. The van der Waals surface area contributed by atoms with E-state index in [9.17, 15) is 0 Å². The number of piperidine rings is 1. The highest BCUT2D eigenvalue weighted by molar-refractivity contribution is 5.69. The van der Waals surface area contributed by atoms with Crippen molar-refractivity contribution in [3.63, 3.8) is 0 Å². The van der Waals surface area contributed by atoms with E-state index in [1.54, 1.807) is 13.4 Å². The lowest BCUT2D eigenvalue weighted by Gasteiger charge is -2.40. The molecule has 5 rings (SSSR count).